The number of rotatable bonds is 4. The van der Waals surface area contributed by atoms with Crippen LogP contribution in [0.1, 0.15) is 44.3 Å². The van der Waals surface area contributed by atoms with Crippen molar-refractivity contribution in [3.8, 4) is 0 Å². The molecule has 0 saturated heterocycles. The number of anilines is 1. The molecule has 3 aromatic rings. The molecule has 0 aliphatic carbocycles. The van der Waals surface area contributed by atoms with E-state index in [1.165, 1.54) is 11.1 Å². The van der Waals surface area contributed by atoms with Gasteiger partial charge in [0.2, 0.25) is 0 Å². The van der Waals surface area contributed by atoms with Gasteiger partial charge in [0.25, 0.3) is 5.91 Å². The lowest BCUT2D eigenvalue weighted by Crippen LogP contribution is -2.15. The van der Waals surface area contributed by atoms with Crippen molar-refractivity contribution < 1.29 is 4.79 Å². The molecule has 6 heteroatoms. The van der Waals surface area contributed by atoms with Crippen molar-refractivity contribution in [2.24, 2.45) is 7.05 Å². The number of aryl methyl sites for hydroxylation is 4. The summed E-state index contributed by atoms with van der Waals surface area (Å²) in [7, 11) is 1.84. The molecule has 26 heavy (non-hydrogen) atoms. The second-order valence-electron chi connectivity index (χ2n) is 6.75. The first-order valence-electron chi connectivity index (χ1n) is 8.69. The van der Waals surface area contributed by atoms with E-state index in [1.54, 1.807) is 4.68 Å². The van der Waals surface area contributed by atoms with E-state index in [0.717, 1.165) is 28.5 Å². The Balaban J connectivity index is 1.89. The minimum absolute atomic E-state index is 0.144. The van der Waals surface area contributed by atoms with Crippen molar-refractivity contribution in [1.29, 1.82) is 0 Å². The quantitative estimate of drug-likeness (QED) is 0.783. The summed E-state index contributed by atoms with van der Waals surface area (Å²) in [6, 6.07) is 8.26. The SMILES string of the molecule is Cc1ccccc1Cn1nc(C)c(NC(=O)c2c(C)nn(C)c2C)c1C. The summed E-state index contributed by atoms with van der Waals surface area (Å²) in [6.07, 6.45) is 0. The van der Waals surface area contributed by atoms with E-state index in [-0.39, 0.29) is 5.91 Å². The first-order valence-corrected chi connectivity index (χ1v) is 8.69. The predicted molar refractivity (Wildman–Crippen MR) is 103 cm³/mol. The molecule has 2 heterocycles. The van der Waals surface area contributed by atoms with E-state index in [9.17, 15) is 4.79 Å². The van der Waals surface area contributed by atoms with Gasteiger partial charge in [-0.05, 0) is 45.7 Å². The lowest BCUT2D eigenvalue weighted by atomic mass is 10.1. The average Bonchev–Trinajstić information content (AvgIpc) is 2.99. The van der Waals surface area contributed by atoms with Gasteiger partial charge in [-0.2, -0.15) is 10.2 Å². The highest BCUT2D eigenvalue weighted by Crippen LogP contribution is 2.23. The average molecular weight is 351 g/mol. The Bertz CT molecular complexity index is 980. The molecule has 0 saturated carbocycles. The van der Waals surface area contributed by atoms with Gasteiger partial charge < -0.3 is 5.32 Å². The van der Waals surface area contributed by atoms with Crippen molar-refractivity contribution in [3.05, 3.63) is 63.7 Å². The van der Waals surface area contributed by atoms with E-state index in [1.807, 2.05) is 51.6 Å². The fraction of sp³-hybridized carbons (Fsp3) is 0.350. The lowest BCUT2D eigenvalue weighted by molar-refractivity contribution is 0.102. The highest BCUT2D eigenvalue weighted by Gasteiger charge is 2.21. The first kappa shape index (κ1) is 17.9. The smallest absolute Gasteiger partial charge is 0.259 e. The summed E-state index contributed by atoms with van der Waals surface area (Å²) < 4.78 is 3.67. The van der Waals surface area contributed by atoms with E-state index >= 15 is 0 Å². The van der Waals surface area contributed by atoms with Crippen LogP contribution in [0.3, 0.4) is 0 Å². The van der Waals surface area contributed by atoms with Crippen LogP contribution >= 0.6 is 0 Å². The Morgan fingerprint density at radius 1 is 1.00 bits per heavy atom. The minimum atomic E-state index is -0.144. The molecule has 0 unspecified atom stereocenters. The Kier molecular flexibility index (Phi) is 4.68. The summed E-state index contributed by atoms with van der Waals surface area (Å²) >= 11 is 0. The maximum absolute atomic E-state index is 12.8. The fourth-order valence-electron chi connectivity index (χ4n) is 3.26. The first-order chi connectivity index (χ1) is 12.3. The zero-order chi connectivity index (χ0) is 19.0. The molecule has 0 atom stereocenters. The number of benzene rings is 1. The van der Waals surface area contributed by atoms with Crippen molar-refractivity contribution in [1.82, 2.24) is 19.6 Å². The van der Waals surface area contributed by atoms with Gasteiger partial charge in [0.05, 0.1) is 34.9 Å². The van der Waals surface area contributed by atoms with Crippen LogP contribution in [0, 0.1) is 34.6 Å². The molecule has 1 N–H and O–H groups in total. The molecule has 0 aliphatic heterocycles. The molecule has 6 nitrogen and oxygen atoms in total. The van der Waals surface area contributed by atoms with Gasteiger partial charge in [0, 0.05) is 12.7 Å². The number of aromatic nitrogens is 4. The third-order valence-electron chi connectivity index (χ3n) is 4.94. The highest BCUT2D eigenvalue weighted by molar-refractivity contribution is 6.06. The third kappa shape index (κ3) is 3.14. The number of carbonyl (C=O) groups is 1. The largest absolute Gasteiger partial charge is 0.319 e. The van der Waals surface area contributed by atoms with E-state index < -0.39 is 0 Å². The van der Waals surface area contributed by atoms with Crippen molar-refractivity contribution in [2.45, 2.75) is 41.2 Å². The van der Waals surface area contributed by atoms with Gasteiger partial charge >= 0.3 is 0 Å². The Hall–Kier alpha value is -2.89. The van der Waals surface area contributed by atoms with Crippen molar-refractivity contribution in [3.63, 3.8) is 0 Å². The van der Waals surface area contributed by atoms with Crippen LogP contribution in [-0.2, 0) is 13.6 Å². The third-order valence-corrected chi connectivity index (χ3v) is 4.94. The molecule has 0 fully saturated rings. The van der Waals surface area contributed by atoms with Crippen molar-refractivity contribution in [2.75, 3.05) is 5.32 Å². The molecule has 0 radical (unpaired) electrons. The molecule has 136 valence electrons. The molecular formula is C20H25N5O. The monoisotopic (exact) mass is 351 g/mol. The number of nitrogens with zero attached hydrogens (tertiary/aromatic N) is 4. The maximum Gasteiger partial charge on any atom is 0.259 e. The Labute approximate surface area is 153 Å². The lowest BCUT2D eigenvalue weighted by Gasteiger charge is -2.09. The Morgan fingerprint density at radius 3 is 2.31 bits per heavy atom. The number of amides is 1. The van der Waals surface area contributed by atoms with Gasteiger partial charge in [-0.25, -0.2) is 0 Å². The second kappa shape index (κ2) is 6.78. The highest BCUT2D eigenvalue weighted by atomic mass is 16.1. The molecule has 0 spiro atoms. The normalized spacial score (nSPS) is 11.0. The molecule has 0 bridgehead atoms. The molecule has 0 aliphatic rings. The van der Waals surface area contributed by atoms with Crippen LogP contribution in [0.25, 0.3) is 0 Å². The molecule has 1 amide bonds. The van der Waals surface area contributed by atoms with Crippen molar-refractivity contribution >= 4 is 11.6 Å². The van der Waals surface area contributed by atoms with E-state index in [2.05, 4.69) is 34.6 Å². The number of hydrogen-bond donors (Lipinski definition) is 1. The number of nitrogens with one attached hydrogen (secondary N) is 1. The topological polar surface area (TPSA) is 64.7 Å². The van der Waals surface area contributed by atoms with Gasteiger partial charge in [-0.3, -0.25) is 14.2 Å². The second-order valence-corrected chi connectivity index (χ2v) is 6.75. The summed E-state index contributed by atoms with van der Waals surface area (Å²) in [5.74, 6) is -0.144. The van der Waals surface area contributed by atoms with Gasteiger partial charge in [-0.15, -0.1) is 0 Å². The van der Waals surface area contributed by atoms with Crippen LogP contribution in [0.15, 0.2) is 24.3 Å². The summed E-state index contributed by atoms with van der Waals surface area (Å²) in [6.45, 7) is 10.4. The molecule has 3 rings (SSSR count). The summed E-state index contributed by atoms with van der Waals surface area (Å²) in [4.78, 5) is 12.8. The summed E-state index contributed by atoms with van der Waals surface area (Å²) in [5.41, 5.74) is 7.17. The molecule has 1 aromatic carbocycles. The number of carbonyl (C=O) groups excluding carboxylic acids is 1. The van der Waals surface area contributed by atoms with Crippen LogP contribution in [-0.4, -0.2) is 25.5 Å². The fourth-order valence-corrected chi connectivity index (χ4v) is 3.26. The standard InChI is InChI=1S/C20H25N5O/c1-12-9-7-8-10-17(12)11-25-16(5)19(14(3)23-25)21-20(26)18-13(2)22-24(6)15(18)4/h7-10H,11H2,1-6H3,(H,21,26). The number of hydrogen-bond acceptors (Lipinski definition) is 3. The summed E-state index contributed by atoms with van der Waals surface area (Å²) in [5, 5.41) is 12.0. The predicted octanol–water partition coefficient (Wildman–Crippen LogP) is 3.46. The zero-order valence-corrected chi connectivity index (χ0v) is 16.2. The van der Waals surface area contributed by atoms with Gasteiger partial charge in [0.1, 0.15) is 0 Å². The van der Waals surface area contributed by atoms with Crippen LogP contribution in [0.2, 0.25) is 0 Å². The van der Waals surface area contributed by atoms with E-state index in [0.29, 0.717) is 12.1 Å². The maximum atomic E-state index is 12.8. The van der Waals surface area contributed by atoms with Gasteiger partial charge in [0.15, 0.2) is 0 Å². The minimum Gasteiger partial charge on any atom is -0.319 e. The van der Waals surface area contributed by atoms with Crippen LogP contribution in [0.5, 0.6) is 0 Å². The molecular weight excluding hydrogens is 326 g/mol. The van der Waals surface area contributed by atoms with E-state index in [4.69, 9.17) is 0 Å². The van der Waals surface area contributed by atoms with Gasteiger partial charge in [-0.1, -0.05) is 24.3 Å². The zero-order valence-electron chi connectivity index (χ0n) is 16.2. The van der Waals surface area contributed by atoms with Crippen LogP contribution in [0.4, 0.5) is 5.69 Å². The van der Waals surface area contributed by atoms with Crippen LogP contribution < -0.4 is 5.32 Å². The Morgan fingerprint density at radius 2 is 1.69 bits per heavy atom. The molecule has 2 aromatic heterocycles.